The summed E-state index contributed by atoms with van der Waals surface area (Å²) in [5, 5.41) is 3.46. The first kappa shape index (κ1) is 12.3. The maximum atomic E-state index is 4.47. The van der Waals surface area contributed by atoms with E-state index in [1.165, 1.54) is 36.8 Å². The molecule has 1 aliphatic rings. The molecule has 0 unspecified atom stereocenters. The van der Waals surface area contributed by atoms with E-state index in [1.807, 2.05) is 6.20 Å². The Morgan fingerprint density at radius 1 is 1.11 bits per heavy atom. The zero-order valence-electron chi connectivity index (χ0n) is 11.7. The second-order valence-corrected chi connectivity index (χ2v) is 5.60. The highest BCUT2D eigenvalue weighted by Gasteiger charge is 2.19. The van der Waals surface area contributed by atoms with Crippen molar-refractivity contribution in [1.29, 1.82) is 0 Å². The lowest BCUT2D eigenvalue weighted by atomic mass is 10.1. The number of benzene rings is 1. The molecule has 0 radical (unpaired) electrons. The summed E-state index contributed by atoms with van der Waals surface area (Å²) in [5.41, 5.74) is 3.69. The predicted octanol–water partition coefficient (Wildman–Crippen LogP) is 4.36. The number of anilines is 2. The van der Waals surface area contributed by atoms with Crippen LogP contribution in [0.3, 0.4) is 0 Å². The van der Waals surface area contributed by atoms with Crippen molar-refractivity contribution in [1.82, 2.24) is 9.55 Å². The van der Waals surface area contributed by atoms with E-state index in [-0.39, 0.29) is 0 Å². The van der Waals surface area contributed by atoms with Gasteiger partial charge in [0.15, 0.2) is 0 Å². The Hall–Kier alpha value is -1.77. The summed E-state index contributed by atoms with van der Waals surface area (Å²) in [6, 6.07) is 7.14. The van der Waals surface area contributed by atoms with E-state index in [1.54, 1.807) is 0 Å². The van der Waals surface area contributed by atoms with Gasteiger partial charge in [-0.05, 0) is 49.9 Å². The van der Waals surface area contributed by atoms with Crippen LogP contribution in [-0.2, 0) is 0 Å². The van der Waals surface area contributed by atoms with Crippen LogP contribution in [0.15, 0.2) is 30.6 Å². The molecule has 3 nitrogen and oxygen atoms in total. The lowest BCUT2D eigenvalue weighted by molar-refractivity contribution is 0.525. The minimum absolute atomic E-state index is 0.621. The Labute approximate surface area is 114 Å². The first-order valence-electron chi connectivity index (χ1n) is 7.10. The van der Waals surface area contributed by atoms with Crippen LogP contribution in [-0.4, -0.2) is 9.55 Å². The fraction of sp³-hybridized carbons (Fsp3) is 0.438. The number of aromatic nitrogens is 2. The minimum Gasteiger partial charge on any atom is -0.326 e. The highest BCUT2D eigenvalue weighted by Crippen LogP contribution is 2.32. The Balaban J connectivity index is 1.85. The topological polar surface area (TPSA) is 29.9 Å². The summed E-state index contributed by atoms with van der Waals surface area (Å²) in [4.78, 5) is 4.47. The minimum atomic E-state index is 0.621. The fourth-order valence-electron chi connectivity index (χ4n) is 3.06. The van der Waals surface area contributed by atoms with Crippen LogP contribution >= 0.6 is 0 Å². The van der Waals surface area contributed by atoms with Gasteiger partial charge in [0.05, 0.1) is 0 Å². The van der Waals surface area contributed by atoms with Crippen molar-refractivity contribution in [2.45, 2.75) is 45.6 Å². The van der Waals surface area contributed by atoms with Crippen molar-refractivity contribution < 1.29 is 0 Å². The van der Waals surface area contributed by atoms with Gasteiger partial charge in [-0.1, -0.05) is 18.9 Å². The molecule has 1 aromatic carbocycles. The number of hydrogen-bond acceptors (Lipinski definition) is 2. The van der Waals surface area contributed by atoms with E-state index in [2.05, 4.69) is 53.1 Å². The van der Waals surface area contributed by atoms with Crippen molar-refractivity contribution in [2.75, 3.05) is 5.32 Å². The molecule has 1 aliphatic carbocycles. The van der Waals surface area contributed by atoms with E-state index in [4.69, 9.17) is 0 Å². The second-order valence-electron chi connectivity index (χ2n) is 5.60. The molecular formula is C16H21N3. The molecule has 0 spiro atoms. The van der Waals surface area contributed by atoms with Crippen molar-refractivity contribution in [3.05, 3.63) is 41.7 Å². The third-order valence-corrected chi connectivity index (χ3v) is 3.86. The van der Waals surface area contributed by atoms with Gasteiger partial charge in [-0.3, -0.25) is 0 Å². The molecule has 100 valence electrons. The molecular weight excluding hydrogens is 234 g/mol. The molecule has 1 heterocycles. The molecule has 0 bridgehead atoms. The first-order valence-corrected chi connectivity index (χ1v) is 7.10. The molecule has 19 heavy (non-hydrogen) atoms. The summed E-state index contributed by atoms with van der Waals surface area (Å²) in [5.74, 6) is 0.969. The third kappa shape index (κ3) is 2.65. The van der Waals surface area contributed by atoms with E-state index in [9.17, 15) is 0 Å². The van der Waals surface area contributed by atoms with Gasteiger partial charge in [0.25, 0.3) is 0 Å². The van der Waals surface area contributed by atoms with Crippen LogP contribution in [0.25, 0.3) is 0 Å². The SMILES string of the molecule is Cc1cc(C)cc(Nc2nccn2C2CCCC2)c1. The number of nitrogens with one attached hydrogen (secondary N) is 1. The second kappa shape index (κ2) is 5.08. The van der Waals surface area contributed by atoms with Crippen LogP contribution in [0.2, 0.25) is 0 Å². The van der Waals surface area contributed by atoms with Crippen LogP contribution in [0.5, 0.6) is 0 Å². The quantitative estimate of drug-likeness (QED) is 0.883. The van der Waals surface area contributed by atoms with Gasteiger partial charge in [0.1, 0.15) is 0 Å². The molecule has 2 aromatic rings. The molecule has 0 aliphatic heterocycles. The standard InChI is InChI=1S/C16H21N3/c1-12-9-13(2)11-14(10-12)18-16-17-7-8-19(16)15-5-3-4-6-15/h7-11,15H,3-6H2,1-2H3,(H,17,18). The van der Waals surface area contributed by atoms with Crippen molar-refractivity contribution in [3.63, 3.8) is 0 Å². The summed E-state index contributed by atoms with van der Waals surface area (Å²) in [6.45, 7) is 4.25. The van der Waals surface area contributed by atoms with E-state index in [0.29, 0.717) is 6.04 Å². The van der Waals surface area contributed by atoms with Gasteiger partial charge in [-0.25, -0.2) is 4.98 Å². The van der Waals surface area contributed by atoms with Crippen LogP contribution < -0.4 is 5.32 Å². The molecule has 1 saturated carbocycles. The Morgan fingerprint density at radius 3 is 2.47 bits per heavy atom. The number of nitrogens with zero attached hydrogens (tertiary/aromatic N) is 2. The fourth-order valence-corrected chi connectivity index (χ4v) is 3.06. The van der Waals surface area contributed by atoms with E-state index < -0.39 is 0 Å². The smallest absolute Gasteiger partial charge is 0.207 e. The molecule has 0 amide bonds. The maximum Gasteiger partial charge on any atom is 0.207 e. The summed E-state index contributed by atoms with van der Waals surface area (Å²) in [6.07, 6.45) is 9.22. The lowest BCUT2D eigenvalue weighted by Gasteiger charge is -2.16. The largest absolute Gasteiger partial charge is 0.326 e. The number of rotatable bonds is 3. The number of aryl methyl sites for hydroxylation is 2. The normalized spacial score (nSPS) is 15.9. The van der Waals surface area contributed by atoms with Gasteiger partial charge in [-0.2, -0.15) is 0 Å². The summed E-state index contributed by atoms with van der Waals surface area (Å²) >= 11 is 0. The number of imidazole rings is 1. The molecule has 1 N–H and O–H groups in total. The molecule has 0 atom stereocenters. The molecule has 3 rings (SSSR count). The van der Waals surface area contributed by atoms with Crippen LogP contribution in [0.4, 0.5) is 11.6 Å². The monoisotopic (exact) mass is 255 g/mol. The van der Waals surface area contributed by atoms with Crippen molar-refractivity contribution in [2.24, 2.45) is 0 Å². The highest BCUT2D eigenvalue weighted by molar-refractivity contribution is 5.56. The van der Waals surface area contributed by atoms with Gasteiger partial charge in [-0.15, -0.1) is 0 Å². The van der Waals surface area contributed by atoms with Gasteiger partial charge in [0, 0.05) is 24.1 Å². The van der Waals surface area contributed by atoms with E-state index >= 15 is 0 Å². The zero-order valence-corrected chi connectivity index (χ0v) is 11.7. The zero-order chi connectivity index (χ0) is 13.2. The van der Waals surface area contributed by atoms with Gasteiger partial charge < -0.3 is 9.88 Å². The highest BCUT2D eigenvalue weighted by atomic mass is 15.2. The van der Waals surface area contributed by atoms with Gasteiger partial charge >= 0.3 is 0 Å². The Kier molecular flexibility index (Phi) is 3.28. The molecule has 1 aromatic heterocycles. The molecule has 3 heteroatoms. The average molecular weight is 255 g/mol. The summed E-state index contributed by atoms with van der Waals surface area (Å²) in [7, 11) is 0. The Morgan fingerprint density at radius 2 is 1.79 bits per heavy atom. The number of hydrogen-bond donors (Lipinski definition) is 1. The van der Waals surface area contributed by atoms with Gasteiger partial charge in [0.2, 0.25) is 5.95 Å². The summed E-state index contributed by atoms with van der Waals surface area (Å²) < 4.78 is 2.30. The molecule has 0 saturated heterocycles. The van der Waals surface area contributed by atoms with Crippen molar-refractivity contribution >= 4 is 11.6 Å². The average Bonchev–Trinajstić information content (AvgIpc) is 2.96. The lowest BCUT2D eigenvalue weighted by Crippen LogP contribution is -2.08. The predicted molar refractivity (Wildman–Crippen MR) is 78.9 cm³/mol. The maximum absolute atomic E-state index is 4.47. The van der Waals surface area contributed by atoms with Crippen LogP contribution in [0, 0.1) is 13.8 Å². The Bertz CT molecular complexity index is 545. The van der Waals surface area contributed by atoms with E-state index in [0.717, 1.165) is 11.6 Å². The van der Waals surface area contributed by atoms with Crippen LogP contribution in [0.1, 0.15) is 42.9 Å². The first-order chi connectivity index (χ1) is 9.22. The third-order valence-electron chi connectivity index (χ3n) is 3.86. The molecule has 1 fully saturated rings. The van der Waals surface area contributed by atoms with Crippen molar-refractivity contribution in [3.8, 4) is 0 Å².